The molecule has 1 N–H and O–H groups in total. The fraction of sp³-hybridized carbons (Fsp3) is 0.136. The van der Waals surface area contributed by atoms with Gasteiger partial charge in [0, 0.05) is 10.6 Å². The van der Waals surface area contributed by atoms with Gasteiger partial charge in [-0.15, -0.1) is 0 Å². The number of hydrogen-bond acceptors (Lipinski definition) is 2. The third-order valence-electron chi connectivity index (χ3n) is 5.01. The minimum absolute atomic E-state index is 0.0505. The third-order valence-corrected chi connectivity index (χ3v) is 5.24. The summed E-state index contributed by atoms with van der Waals surface area (Å²) in [6, 6.07) is 17.9. The van der Waals surface area contributed by atoms with Gasteiger partial charge < -0.3 is 10.0 Å². The maximum atomic E-state index is 13.3. The monoisotopic (exact) mass is 417 g/mol. The van der Waals surface area contributed by atoms with Gasteiger partial charge in [-0.1, -0.05) is 54.1 Å². The summed E-state index contributed by atoms with van der Waals surface area (Å²) in [4.78, 5) is 14.7. The van der Waals surface area contributed by atoms with Crippen molar-refractivity contribution in [1.29, 1.82) is 0 Å². The van der Waals surface area contributed by atoms with Crippen LogP contribution in [0.5, 0.6) is 0 Å². The van der Waals surface area contributed by atoms with Crippen LogP contribution in [-0.4, -0.2) is 11.0 Å². The topological polar surface area (TPSA) is 40.5 Å². The van der Waals surface area contributed by atoms with E-state index >= 15 is 0 Å². The number of nitrogens with zero attached hydrogens (tertiary/aromatic N) is 1. The number of hydrogen-bond donors (Lipinski definition) is 1. The Bertz CT molecular complexity index is 1070. The average molecular weight is 418 g/mol. The molecule has 1 aliphatic heterocycles. The molecule has 3 aromatic carbocycles. The minimum atomic E-state index is -4.51. The molecule has 1 amide bonds. The van der Waals surface area contributed by atoms with E-state index in [2.05, 4.69) is 0 Å². The van der Waals surface area contributed by atoms with Crippen molar-refractivity contribution in [3.05, 3.63) is 100 Å². The molecule has 3 nitrogen and oxygen atoms in total. The van der Waals surface area contributed by atoms with Crippen LogP contribution in [0.25, 0.3) is 0 Å². The van der Waals surface area contributed by atoms with Crippen LogP contribution in [0.3, 0.4) is 0 Å². The summed E-state index contributed by atoms with van der Waals surface area (Å²) >= 11 is 6.09. The molecule has 4 rings (SSSR count). The van der Waals surface area contributed by atoms with Crippen molar-refractivity contribution in [2.75, 3.05) is 4.90 Å². The Balaban J connectivity index is 1.81. The van der Waals surface area contributed by atoms with E-state index in [-0.39, 0.29) is 17.7 Å². The van der Waals surface area contributed by atoms with Crippen molar-refractivity contribution in [2.45, 2.75) is 18.3 Å². The molecule has 0 aliphatic carbocycles. The Labute approximate surface area is 170 Å². The van der Waals surface area contributed by atoms with Crippen LogP contribution in [-0.2, 0) is 23.1 Å². The molecule has 7 heteroatoms. The lowest BCUT2D eigenvalue weighted by Crippen LogP contribution is -2.40. The van der Waals surface area contributed by atoms with Crippen molar-refractivity contribution < 1.29 is 23.1 Å². The number of fused-ring (bicyclic) bond motifs is 1. The van der Waals surface area contributed by atoms with Crippen LogP contribution in [0.2, 0.25) is 5.02 Å². The average Bonchev–Trinajstić information content (AvgIpc) is 2.91. The van der Waals surface area contributed by atoms with E-state index in [4.69, 9.17) is 11.6 Å². The van der Waals surface area contributed by atoms with Gasteiger partial charge in [-0.05, 0) is 41.5 Å². The number of anilines is 1. The molecular formula is C22H15ClF3NO2. The molecule has 1 heterocycles. The minimum Gasteiger partial charge on any atom is -0.372 e. The zero-order valence-electron chi connectivity index (χ0n) is 14.9. The predicted octanol–water partition coefficient (Wildman–Crippen LogP) is 5.14. The quantitative estimate of drug-likeness (QED) is 0.641. The number of benzene rings is 3. The SMILES string of the molecule is O=C1N(Cc2ccccc2)c2ccc(Cl)cc2[C@]1(O)c1ccc(C(F)(F)F)cc1. The van der Waals surface area contributed by atoms with Crippen LogP contribution in [0.1, 0.15) is 22.3 Å². The molecule has 0 saturated carbocycles. The van der Waals surface area contributed by atoms with Crippen LogP contribution >= 0.6 is 11.6 Å². The first kappa shape index (κ1) is 19.5. The van der Waals surface area contributed by atoms with E-state index in [0.29, 0.717) is 10.7 Å². The van der Waals surface area contributed by atoms with E-state index in [1.807, 2.05) is 30.3 Å². The highest BCUT2D eigenvalue weighted by atomic mass is 35.5. The highest BCUT2D eigenvalue weighted by molar-refractivity contribution is 6.31. The zero-order valence-corrected chi connectivity index (χ0v) is 15.7. The normalized spacial score (nSPS) is 18.8. The van der Waals surface area contributed by atoms with Gasteiger partial charge in [0.05, 0.1) is 17.8 Å². The summed E-state index contributed by atoms with van der Waals surface area (Å²) in [7, 11) is 0. The van der Waals surface area contributed by atoms with E-state index in [1.54, 1.807) is 12.1 Å². The molecule has 0 fully saturated rings. The first-order valence-corrected chi connectivity index (χ1v) is 9.15. The lowest BCUT2D eigenvalue weighted by atomic mass is 9.87. The Morgan fingerprint density at radius 2 is 1.62 bits per heavy atom. The van der Waals surface area contributed by atoms with E-state index < -0.39 is 23.2 Å². The third kappa shape index (κ3) is 3.28. The Morgan fingerprint density at radius 3 is 2.24 bits per heavy atom. The second-order valence-electron chi connectivity index (χ2n) is 6.82. The zero-order chi connectivity index (χ0) is 20.8. The molecular weight excluding hydrogens is 403 g/mol. The number of halogens is 4. The lowest BCUT2D eigenvalue weighted by molar-refractivity contribution is -0.137. The number of alkyl halides is 3. The molecule has 0 spiro atoms. The molecule has 148 valence electrons. The van der Waals surface area contributed by atoms with Crippen molar-refractivity contribution in [2.24, 2.45) is 0 Å². The second kappa shape index (κ2) is 6.90. The summed E-state index contributed by atoms with van der Waals surface area (Å²) in [5.41, 5.74) is -1.38. The van der Waals surface area contributed by atoms with Crippen molar-refractivity contribution in [1.82, 2.24) is 0 Å². The van der Waals surface area contributed by atoms with Gasteiger partial charge >= 0.3 is 6.18 Å². The Morgan fingerprint density at radius 1 is 0.966 bits per heavy atom. The van der Waals surface area contributed by atoms with Crippen molar-refractivity contribution in [3.8, 4) is 0 Å². The second-order valence-corrected chi connectivity index (χ2v) is 7.26. The highest BCUT2D eigenvalue weighted by Gasteiger charge is 2.51. The number of amides is 1. The maximum absolute atomic E-state index is 13.3. The lowest BCUT2D eigenvalue weighted by Gasteiger charge is -2.24. The Hall–Kier alpha value is -2.83. The molecule has 0 unspecified atom stereocenters. The molecule has 0 saturated heterocycles. The predicted molar refractivity (Wildman–Crippen MR) is 104 cm³/mol. The van der Waals surface area contributed by atoms with Gasteiger partial charge in [0.2, 0.25) is 0 Å². The smallest absolute Gasteiger partial charge is 0.372 e. The van der Waals surface area contributed by atoms with Crippen LogP contribution < -0.4 is 4.90 Å². The van der Waals surface area contributed by atoms with Crippen LogP contribution in [0, 0.1) is 0 Å². The summed E-state index contributed by atoms with van der Waals surface area (Å²) in [5.74, 6) is -0.640. The number of rotatable bonds is 3. The standard InChI is InChI=1S/C22H15ClF3NO2/c23-17-10-11-19-18(12-17)21(29,15-6-8-16(9-7-15)22(24,25)26)20(28)27(19)13-14-4-2-1-3-5-14/h1-12,29H,13H2/t21-/m1/s1. The fourth-order valence-corrected chi connectivity index (χ4v) is 3.73. The summed E-state index contributed by atoms with van der Waals surface area (Å²) in [6.07, 6.45) is -4.51. The van der Waals surface area contributed by atoms with Crippen molar-refractivity contribution in [3.63, 3.8) is 0 Å². The Kier molecular flexibility index (Phi) is 4.63. The summed E-state index contributed by atoms with van der Waals surface area (Å²) in [5, 5.41) is 11.7. The molecule has 29 heavy (non-hydrogen) atoms. The first-order chi connectivity index (χ1) is 13.7. The van der Waals surface area contributed by atoms with Gasteiger partial charge in [-0.25, -0.2) is 0 Å². The molecule has 1 atom stereocenters. The van der Waals surface area contributed by atoms with Gasteiger partial charge in [-0.2, -0.15) is 13.2 Å². The highest BCUT2D eigenvalue weighted by Crippen LogP contribution is 2.46. The van der Waals surface area contributed by atoms with Crippen LogP contribution in [0.4, 0.5) is 18.9 Å². The van der Waals surface area contributed by atoms with E-state index in [1.165, 1.54) is 11.0 Å². The van der Waals surface area contributed by atoms with Crippen molar-refractivity contribution >= 4 is 23.2 Å². The van der Waals surface area contributed by atoms with Gasteiger partial charge in [0.25, 0.3) is 5.91 Å². The molecule has 0 bridgehead atoms. The van der Waals surface area contributed by atoms with E-state index in [9.17, 15) is 23.1 Å². The molecule has 0 aromatic heterocycles. The molecule has 1 aliphatic rings. The van der Waals surface area contributed by atoms with Gasteiger partial charge in [-0.3, -0.25) is 4.79 Å². The number of carbonyl (C=O) groups is 1. The van der Waals surface area contributed by atoms with E-state index in [0.717, 1.165) is 29.8 Å². The largest absolute Gasteiger partial charge is 0.416 e. The molecule has 3 aromatic rings. The number of carbonyl (C=O) groups excluding carboxylic acids is 1. The first-order valence-electron chi connectivity index (χ1n) is 8.77. The summed E-state index contributed by atoms with van der Waals surface area (Å²) in [6.45, 7) is 0.206. The fourth-order valence-electron chi connectivity index (χ4n) is 3.56. The molecule has 0 radical (unpaired) electrons. The maximum Gasteiger partial charge on any atom is 0.416 e. The van der Waals surface area contributed by atoms with Gasteiger partial charge in [0.1, 0.15) is 0 Å². The van der Waals surface area contributed by atoms with Crippen LogP contribution in [0.15, 0.2) is 72.8 Å². The number of aliphatic hydroxyl groups is 1. The summed E-state index contributed by atoms with van der Waals surface area (Å²) < 4.78 is 38.7. The van der Waals surface area contributed by atoms with Gasteiger partial charge in [0.15, 0.2) is 5.60 Å².